The monoisotopic (exact) mass is 249 g/mol. The van der Waals surface area contributed by atoms with Crippen LogP contribution in [0.3, 0.4) is 0 Å². The standard InChI is InChI=1S/C17H31N/c1-16(2)9-5-6-15(16)18-14-7-12-17(13-8-14)10-3-4-11-17/h14-15,18H,3-13H2,1-2H3. The van der Waals surface area contributed by atoms with E-state index < -0.39 is 0 Å². The van der Waals surface area contributed by atoms with Crippen LogP contribution in [0.15, 0.2) is 0 Å². The molecule has 0 aromatic rings. The molecule has 3 aliphatic rings. The van der Waals surface area contributed by atoms with E-state index in [-0.39, 0.29) is 0 Å². The first-order chi connectivity index (χ1) is 8.60. The molecule has 1 atom stereocenters. The van der Waals surface area contributed by atoms with E-state index in [1.165, 1.54) is 70.6 Å². The lowest BCUT2D eigenvalue weighted by molar-refractivity contribution is 0.149. The molecule has 1 heteroatoms. The molecule has 0 aromatic heterocycles. The highest BCUT2D eigenvalue weighted by Gasteiger charge is 2.40. The largest absolute Gasteiger partial charge is 0.311 e. The second kappa shape index (κ2) is 4.81. The summed E-state index contributed by atoms with van der Waals surface area (Å²) in [6.45, 7) is 4.91. The molecule has 0 bridgehead atoms. The van der Waals surface area contributed by atoms with Crippen LogP contribution in [-0.4, -0.2) is 12.1 Å². The summed E-state index contributed by atoms with van der Waals surface area (Å²) < 4.78 is 0. The van der Waals surface area contributed by atoms with E-state index in [2.05, 4.69) is 19.2 Å². The maximum atomic E-state index is 4.01. The Bertz CT molecular complexity index is 278. The quantitative estimate of drug-likeness (QED) is 0.750. The highest BCUT2D eigenvalue weighted by Crippen LogP contribution is 2.49. The Balaban J connectivity index is 1.51. The Morgan fingerprint density at radius 1 is 0.778 bits per heavy atom. The van der Waals surface area contributed by atoms with Gasteiger partial charge >= 0.3 is 0 Å². The van der Waals surface area contributed by atoms with Gasteiger partial charge in [-0.05, 0) is 62.2 Å². The zero-order valence-electron chi connectivity index (χ0n) is 12.4. The van der Waals surface area contributed by atoms with Crippen LogP contribution < -0.4 is 5.32 Å². The minimum absolute atomic E-state index is 0.544. The molecule has 0 heterocycles. The zero-order valence-corrected chi connectivity index (χ0v) is 12.4. The molecule has 104 valence electrons. The summed E-state index contributed by atoms with van der Waals surface area (Å²) in [7, 11) is 0. The third kappa shape index (κ3) is 2.48. The summed E-state index contributed by atoms with van der Waals surface area (Å²) in [5, 5.41) is 4.01. The van der Waals surface area contributed by atoms with Crippen LogP contribution in [-0.2, 0) is 0 Å². The summed E-state index contributed by atoms with van der Waals surface area (Å²) in [4.78, 5) is 0. The molecule has 1 spiro atoms. The molecule has 0 aromatic carbocycles. The molecule has 0 radical (unpaired) electrons. The third-order valence-corrected chi connectivity index (χ3v) is 6.40. The maximum absolute atomic E-state index is 4.01. The highest BCUT2D eigenvalue weighted by molar-refractivity contribution is 4.96. The van der Waals surface area contributed by atoms with Crippen molar-refractivity contribution in [3.8, 4) is 0 Å². The maximum Gasteiger partial charge on any atom is 0.0121 e. The van der Waals surface area contributed by atoms with Crippen LogP contribution in [0.2, 0.25) is 0 Å². The number of hydrogen-bond acceptors (Lipinski definition) is 1. The van der Waals surface area contributed by atoms with E-state index in [9.17, 15) is 0 Å². The van der Waals surface area contributed by atoms with Gasteiger partial charge in [0.25, 0.3) is 0 Å². The SMILES string of the molecule is CC1(C)CCCC1NC1CCC2(CCCC2)CC1. The van der Waals surface area contributed by atoms with Crippen molar-refractivity contribution < 1.29 is 0 Å². The molecule has 1 N–H and O–H groups in total. The molecule has 0 saturated heterocycles. The lowest BCUT2D eigenvalue weighted by Gasteiger charge is -2.40. The second-order valence-corrected chi connectivity index (χ2v) is 8.08. The van der Waals surface area contributed by atoms with Gasteiger partial charge in [0.1, 0.15) is 0 Å². The minimum Gasteiger partial charge on any atom is -0.311 e. The highest BCUT2D eigenvalue weighted by atomic mass is 15.0. The van der Waals surface area contributed by atoms with Crippen LogP contribution in [0, 0.1) is 10.8 Å². The van der Waals surface area contributed by atoms with Crippen molar-refractivity contribution in [1.29, 1.82) is 0 Å². The van der Waals surface area contributed by atoms with Crippen LogP contribution >= 0.6 is 0 Å². The molecule has 0 amide bonds. The lowest BCUT2D eigenvalue weighted by Crippen LogP contribution is -2.46. The number of hydrogen-bond donors (Lipinski definition) is 1. The fourth-order valence-corrected chi connectivity index (χ4v) is 4.94. The molecule has 18 heavy (non-hydrogen) atoms. The van der Waals surface area contributed by atoms with Crippen molar-refractivity contribution >= 4 is 0 Å². The molecule has 3 fully saturated rings. The zero-order chi connectivity index (χ0) is 12.6. The van der Waals surface area contributed by atoms with Gasteiger partial charge in [-0.2, -0.15) is 0 Å². The Morgan fingerprint density at radius 3 is 2.00 bits per heavy atom. The first-order valence-electron chi connectivity index (χ1n) is 8.36. The van der Waals surface area contributed by atoms with Crippen molar-refractivity contribution in [2.24, 2.45) is 10.8 Å². The van der Waals surface area contributed by atoms with Gasteiger partial charge in [-0.3, -0.25) is 0 Å². The van der Waals surface area contributed by atoms with Gasteiger partial charge in [-0.1, -0.05) is 33.1 Å². The van der Waals surface area contributed by atoms with Gasteiger partial charge in [-0.25, -0.2) is 0 Å². The second-order valence-electron chi connectivity index (χ2n) is 8.08. The average Bonchev–Trinajstić information content (AvgIpc) is 2.91. The van der Waals surface area contributed by atoms with E-state index in [0.717, 1.165) is 17.5 Å². The molecule has 3 rings (SSSR count). The number of rotatable bonds is 2. The van der Waals surface area contributed by atoms with Crippen molar-refractivity contribution in [2.45, 2.75) is 96.6 Å². The Kier molecular flexibility index (Phi) is 3.47. The van der Waals surface area contributed by atoms with Gasteiger partial charge in [0.15, 0.2) is 0 Å². The summed E-state index contributed by atoms with van der Waals surface area (Å²) in [5.41, 5.74) is 1.34. The van der Waals surface area contributed by atoms with Crippen LogP contribution in [0.25, 0.3) is 0 Å². The molecule has 3 aliphatic carbocycles. The topological polar surface area (TPSA) is 12.0 Å². The average molecular weight is 249 g/mol. The predicted molar refractivity (Wildman–Crippen MR) is 77.7 cm³/mol. The van der Waals surface area contributed by atoms with Crippen molar-refractivity contribution in [1.82, 2.24) is 5.32 Å². The van der Waals surface area contributed by atoms with E-state index >= 15 is 0 Å². The first-order valence-corrected chi connectivity index (χ1v) is 8.36. The van der Waals surface area contributed by atoms with Crippen molar-refractivity contribution in [3.63, 3.8) is 0 Å². The Labute approximate surface area is 113 Å². The molecule has 0 aliphatic heterocycles. The Hall–Kier alpha value is -0.0400. The van der Waals surface area contributed by atoms with E-state index in [1.807, 2.05) is 0 Å². The summed E-state index contributed by atoms with van der Waals surface area (Å²) in [5.74, 6) is 0. The predicted octanol–water partition coefficient (Wildman–Crippen LogP) is 4.66. The van der Waals surface area contributed by atoms with E-state index in [0.29, 0.717) is 5.41 Å². The molecular formula is C17H31N. The van der Waals surface area contributed by atoms with E-state index in [1.54, 1.807) is 0 Å². The van der Waals surface area contributed by atoms with Crippen molar-refractivity contribution in [3.05, 3.63) is 0 Å². The summed E-state index contributed by atoms with van der Waals surface area (Å²) in [6.07, 6.45) is 16.3. The van der Waals surface area contributed by atoms with Gasteiger partial charge < -0.3 is 5.32 Å². The van der Waals surface area contributed by atoms with Crippen LogP contribution in [0.1, 0.15) is 84.5 Å². The van der Waals surface area contributed by atoms with Crippen molar-refractivity contribution in [2.75, 3.05) is 0 Å². The van der Waals surface area contributed by atoms with Gasteiger partial charge in [0, 0.05) is 12.1 Å². The first kappa shape index (κ1) is 13.0. The van der Waals surface area contributed by atoms with Gasteiger partial charge in [-0.15, -0.1) is 0 Å². The smallest absolute Gasteiger partial charge is 0.0121 e. The van der Waals surface area contributed by atoms with E-state index in [4.69, 9.17) is 0 Å². The summed E-state index contributed by atoms with van der Waals surface area (Å²) >= 11 is 0. The molecule has 3 saturated carbocycles. The lowest BCUT2D eigenvalue weighted by atomic mass is 9.71. The molecular weight excluding hydrogens is 218 g/mol. The van der Waals surface area contributed by atoms with Crippen LogP contribution in [0.5, 0.6) is 0 Å². The fraction of sp³-hybridized carbons (Fsp3) is 1.00. The normalized spacial score (nSPS) is 35.3. The molecule has 1 nitrogen and oxygen atoms in total. The van der Waals surface area contributed by atoms with Gasteiger partial charge in [0.2, 0.25) is 0 Å². The third-order valence-electron chi connectivity index (χ3n) is 6.40. The number of nitrogens with one attached hydrogen (secondary N) is 1. The fourth-order valence-electron chi connectivity index (χ4n) is 4.94. The Morgan fingerprint density at radius 2 is 1.44 bits per heavy atom. The minimum atomic E-state index is 0.544. The van der Waals surface area contributed by atoms with Gasteiger partial charge in [0.05, 0.1) is 0 Å². The van der Waals surface area contributed by atoms with Crippen LogP contribution in [0.4, 0.5) is 0 Å². The molecule has 1 unspecified atom stereocenters. The summed E-state index contributed by atoms with van der Waals surface area (Å²) in [6, 6.07) is 1.62.